The molecule has 5 rings (SSSR count). The Kier molecular flexibility index (Phi) is 4.95. The van der Waals surface area contributed by atoms with Crippen molar-refractivity contribution in [1.29, 1.82) is 0 Å². The normalized spacial score (nSPS) is 22.8. The molecule has 0 saturated heterocycles. The lowest BCUT2D eigenvalue weighted by molar-refractivity contribution is -0.138. The number of nitrogens with one attached hydrogen (secondary N) is 1. The Labute approximate surface area is 204 Å². The third-order valence-corrected chi connectivity index (χ3v) is 7.43. The van der Waals surface area contributed by atoms with E-state index in [9.17, 15) is 14.4 Å². The molecule has 1 amide bonds. The molecule has 7 nitrogen and oxygen atoms in total. The molecular weight excluding hydrogens is 442 g/mol. The van der Waals surface area contributed by atoms with Crippen LogP contribution < -0.4 is 16.0 Å². The van der Waals surface area contributed by atoms with E-state index < -0.39 is 17.3 Å². The van der Waals surface area contributed by atoms with Crippen molar-refractivity contribution in [1.82, 2.24) is 0 Å². The van der Waals surface area contributed by atoms with Gasteiger partial charge in [-0.1, -0.05) is 38.1 Å². The minimum absolute atomic E-state index is 0.0347. The van der Waals surface area contributed by atoms with E-state index in [1.165, 1.54) is 7.11 Å². The second kappa shape index (κ2) is 7.57. The number of carbonyl (C=O) groups excluding carboxylic acids is 3. The molecule has 3 aliphatic rings. The lowest BCUT2D eigenvalue weighted by atomic mass is 9.60. The molecule has 0 radical (unpaired) electrons. The molecular formula is C28H29N3O4. The Bertz CT molecular complexity index is 1380. The molecule has 2 aromatic carbocycles. The van der Waals surface area contributed by atoms with Gasteiger partial charge in [-0.2, -0.15) is 0 Å². The number of para-hydroxylation sites is 1. The van der Waals surface area contributed by atoms with Crippen LogP contribution in [0.1, 0.15) is 43.4 Å². The smallest absolute Gasteiger partial charge is 0.339 e. The number of ether oxygens (including phenoxy) is 1. The van der Waals surface area contributed by atoms with Crippen LogP contribution in [0.2, 0.25) is 0 Å². The standard InChI is InChI=1S/C28H29N3O4/c1-15-10-11-17(12-16(15)2)31-20-13-27(3,4)14-21(32)22(20)28(23(24(31)29)25(33)35-5)18-8-6-7-9-19(18)30-26(28)34/h6-12H,13-14,29H2,1-5H3,(H,30,34). The zero-order valence-electron chi connectivity index (χ0n) is 20.6. The number of Topliss-reactive ketones (excluding diaryl/α,β-unsaturated/α-hetero) is 1. The number of benzene rings is 2. The number of ketones is 1. The van der Waals surface area contributed by atoms with Crippen LogP contribution in [-0.2, 0) is 24.5 Å². The van der Waals surface area contributed by atoms with Crippen LogP contribution in [-0.4, -0.2) is 24.8 Å². The molecule has 0 fully saturated rings. The second-order valence-electron chi connectivity index (χ2n) is 10.4. The van der Waals surface area contributed by atoms with Gasteiger partial charge in [0.15, 0.2) is 5.78 Å². The van der Waals surface area contributed by atoms with Gasteiger partial charge in [0, 0.05) is 34.6 Å². The van der Waals surface area contributed by atoms with Gasteiger partial charge >= 0.3 is 5.97 Å². The van der Waals surface area contributed by atoms with Crippen LogP contribution in [0.15, 0.2) is 65.1 Å². The predicted molar refractivity (Wildman–Crippen MR) is 133 cm³/mol. The van der Waals surface area contributed by atoms with E-state index in [0.717, 1.165) is 16.8 Å². The molecule has 35 heavy (non-hydrogen) atoms. The first-order valence-corrected chi connectivity index (χ1v) is 11.7. The number of carbonyl (C=O) groups is 3. The number of amides is 1. The van der Waals surface area contributed by atoms with E-state index in [1.807, 2.05) is 45.9 Å². The number of nitrogens with two attached hydrogens (primary N) is 1. The predicted octanol–water partition coefficient (Wildman–Crippen LogP) is 4.00. The molecule has 2 heterocycles. The number of esters is 1. The number of hydrogen-bond acceptors (Lipinski definition) is 6. The largest absolute Gasteiger partial charge is 0.466 e. The van der Waals surface area contributed by atoms with Crippen molar-refractivity contribution in [3.8, 4) is 0 Å². The molecule has 1 aliphatic carbocycles. The first kappa shape index (κ1) is 22.9. The van der Waals surface area contributed by atoms with Crippen LogP contribution >= 0.6 is 0 Å². The maximum atomic E-state index is 13.9. The molecule has 2 aliphatic heterocycles. The molecule has 3 N–H and O–H groups in total. The van der Waals surface area contributed by atoms with Gasteiger partial charge in [0.2, 0.25) is 5.91 Å². The van der Waals surface area contributed by atoms with Crippen LogP contribution in [0.25, 0.3) is 0 Å². The van der Waals surface area contributed by atoms with Crippen molar-refractivity contribution in [2.24, 2.45) is 11.1 Å². The van der Waals surface area contributed by atoms with Gasteiger partial charge in [0.1, 0.15) is 16.8 Å². The fourth-order valence-corrected chi connectivity index (χ4v) is 5.75. The van der Waals surface area contributed by atoms with Crippen molar-refractivity contribution in [2.75, 3.05) is 17.3 Å². The maximum absolute atomic E-state index is 13.9. The number of aryl methyl sites for hydroxylation is 2. The fraction of sp³-hybridized carbons (Fsp3) is 0.321. The fourth-order valence-electron chi connectivity index (χ4n) is 5.75. The van der Waals surface area contributed by atoms with Crippen LogP contribution in [0.5, 0.6) is 0 Å². The highest BCUT2D eigenvalue weighted by Gasteiger charge is 2.62. The van der Waals surface area contributed by atoms with E-state index in [4.69, 9.17) is 10.5 Å². The van der Waals surface area contributed by atoms with E-state index in [1.54, 1.807) is 29.2 Å². The van der Waals surface area contributed by atoms with E-state index in [0.29, 0.717) is 28.9 Å². The summed E-state index contributed by atoms with van der Waals surface area (Å²) in [7, 11) is 1.26. The Balaban J connectivity index is 1.93. The van der Waals surface area contributed by atoms with Gasteiger partial charge in [-0.3, -0.25) is 14.5 Å². The topological polar surface area (TPSA) is 102 Å². The summed E-state index contributed by atoms with van der Waals surface area (Å²) in [6.45, 7) is 8.06. The number of methoxy groups -OCH3 is 1. The number of rotatable bonds is 2. The van der Waals surface area contributed by atoms with Crippen molar-refractivity contribution in [3.05, 3.63) is 81.8 Å². The summed E-state index contributed by atoms with van der Waals surface area (Å²) in [6, 6.07) is 13.0. The van der Waals surface area contributed by atoms with Crippen LogP contribution in [0.3, 0.4) is 0 Å². The number of anilines is 2. The first-order chi connectivity index (χ1) is 16.5. The third kappa shape index (κ3) is 3.07. The second-order valence-corrected chi connectivity index (χ2v) is 10.4. The van der Waals surface area contributed by atoms with Crippen LogP contribution in [0.4, 0.5) is 11.4 Å². The lowest BCUT2D eigenvalue weighted by Crippen LogP contribution is -2.54. The maximum Gasteiger partial charge on any atom is 0.339 e. The van der Waals surface area contributed by atoms with Gasteiger partial charge in [0.05, 0.1) is 7.11 Å². The van der Waals surface area contributed by atoms with Crippen molar-refractivity contribution < 1.29 is 19.1 Å². The minimum Gasteiger partial charge on any atom is -0.466 e. The van der Waals surface area contributed by atoms with Gasteiger partial charge < -0.3 is 15.8 Å². The summed E-state index contributed by atoms with van der Waals surface area (Å²) in [5.41, 5.74) is 9.66. The lowest BCUT2D eigenvalue weighted by Gasteiger charge is -2.47. The Morgan fingerprint density at radius 1 is 1.06 bits per heavy atom. The minimum atomic E-state index is -1.67. The van der Waals surface area contributed by atoms with Crippen molar-refractivity contribution in [2.45, 2.75) is 46.0 Å². The molecule has 2 aromatic rings. The molecule has 7 heteroatoms. The third-order valence-electron chi connectivity index (χ3n) is 7.43. The molecule has 1 unspecified atom stereocenters. The van der Waals surface area contributed by atoms with Gasteiger partial charge in [-0.15, -0.1) is 0 Å². The van der Waals surface area contributed by atoms with Gasteiger partial charge in [0.25, 0.3) is 0 Å². The number of hydrogen-bond donors (Lipinski definition) is 2. The molecule has 1 atom stereocenters. The highest BCUT2D eigenvalue weighted by Crippen LogP contribution is 2.57. The molecule has 0 aromatic heterocycles. The monoisotopic (exact) mass is 471 g/mol. The summed E-state index contributed by atoms with van der Waals surface area (Å²) in [5.74, 6) is -1.29. The molecule has 0 bridgehead atoms. The van der Waals surface area contributed by atoms with E-state index >= 15 is 0 Å². The SMILES string of the molecule is COC(=O)C1=C(N)N(c2ccc(C)c(C)c2)C2=C(C(=O)CC(C)(C)C2)C12C(=O)Nc1ccccc12. The summed E-state index contributed by atoms with van der Waals surface area (Å²) in [4.78, 5) is 43.0. The molecule has 0 saturated carbocycles. The quantitative estimate of drug-likeness (QED) is 0.642. The Hall–Kier alpha value is -3.87. The zero-order valence-corrected chi connectivity index (χ0v) is 20.6. The Morgan fingerprint density at radius 2 is 1.77 bits per heavy atom. The molecule has 1 spiro atoms. The van der Waals surface area contributed by atoms with Crippen LogP contribution in [0, 0.1) is 19.3 Å². The highest BCUT2D eigenvalue weighted by atomic mass is 16.5. The average molecular weight is 472 g/mol. The van der Waals surface area contributed by atoms with E-state index in [-0.39, 0.29) is 29.0 Å². The number of allylic oxidation sites excluding steroid dienone is 1. The van der Waals surface area contributed by atoms with Gasteiger partial charge in [-0.05, 0) is 55.0 Å². The summed E-state index contributed by atoms with van der Waals surface area (Å²) in [5, 5.41) is 2.89. The number of nitrogens with zero attached hydrogens (tertiary/aromatic N) is 1. The van der Waals surface area contributed by atoms with Crippen molar-refractivity contribution >= 4 is 29.0 Å². The summed E-state index contributed by atoms with van der Waals surface area (Å²) < 4.78 is 5.18. The van der Waals surface area contributed by atoms with E-state index in [2.05, 4.69) is 5.32 Å². The summed E-state index contributed by atoms with van der Waals surface area (Å²) in [6.07, 6.45) is 0.755. The Morgan fingerprint density at radius 3 is 2.46 bits per heavy atom. The zero-order chi connectivity index (χ0) is 25.3. The van der Waals surface area contributed by atoms with Gasteiger partial charge in [-0.25, -0.2) is 4.79 Å². The number of fused-ring (bicyclic) bond motifs is 3. The van der Waals surface area contributed by atoms with Crippen molar-refractivity contribution in [3.63, 3.8) is 0 Å². The first-order valence-electron chi connectivity index (χ1n) is 11.7. The average Bonchev–Trinajstić information content (AvgIpc) is 3.07. The highest BCUT2D eigenvalue weighted by molar-refractivity contribution is 6.23. The molecule has 180 valence electrons. The summed E-state index contributed by atoms with van der Waals surface area (Å²) >= 11 is 0.